The van der Waals surface area contributed by atoms with Gasteiger partial charge in [-0.15, -0.1) is 0 Å². The number of amides is 7. The number of nitrogens with one attached hydrogen (secondary N) is 5. The first kappa shape index (κ1) is 43.6. The smallest absolute Gasteiger partial charge is 0.305 e. The van der Waals surface area contributed by atoms with Crippen LogP contribution in [-0.2, 0) is 44.8 Å². The molecule has 10 N–H and O–H groups in total. The molecule has 0 saturated carbocycles. The number of benzene rings is 1. The number of nitrogens with two attached hydrogens (primary N) is 2. The first-order valence-electron chi connectivity index (χ1n) is 17.6. The second-order valence-corrected chi connectivity index (χ2v) is 13.6. The first-order chi connectivity index (χ1) is 25.7. The standard InChI is InChI=1S/C34H49N9O9S2/c1-2-28(45)43(54)26(10-5-6-12-35)32(50)38-17-27(44)39-22(15-29(46)47)31(49)40-23(14-19-16-37-21-9-4-3-8-20(19)21)34(52)42-13-7-11-25(42)33(51)41-24(18-53)30(36)48/h3-4,8-9,16,22-26,37,53-54H,2,5-7,10-15,17-18,35H2,1H3,(H2,36,48)(H,38,50)(H,39,44)(H,40,49)(H,41,51)(H,46,47)/t22-,23-,24-,25-,26-/m0/s1. The van der Waals surface area contributed by atoms with Gasteiger partial charge in [0.2, 0.25) is 41.4 Å². The molecular formula is C34H49N9O9S2. The molecular weight excluding hydrogens is 743 g/mol. The fraction of sp³-hybridized carbons (Fsp3) is 0.529. The molecule has 0 radical (unpaired) electrons. The number of nitrogens with zero attached hydrogens (tertiary/aromatic N) is 2. The van der Waals surface area contributed by atoms with Crippen molar-refractivity contribution in [2.45, 2.75) is 88.5 Å². The molecule has 1 aromatic heterocycles. The van der Waals surface area contributed by atoms with Crippen molar-refractivity contribution in [1.29, 1.82) is 0 Å². The molecule has 296 valence electrons. The molecule has 54 heavy (non-hydrogen) atoms. The van der Waals surface area contributed by atoms with Gasteiger partial charge < -0.3 is 47.7 Å². The molecule has 1 saturated heterocycles. The number of carbonyl (C=O) groups is 8. The minimum Gasteiger partial charge on any atom is -0.481 e. The molecule has 3 rings (SSSR count). The summed E-state index contributed by atoms with van der Waals surface area (Å²) in [5, 5.41) is 20.2. The summed E-state index contributed by atoms with van der Waals surface area (Å²) in [5.41, 5.74) is 12.3. The van der Waals surface area contributed by atoms with E-state index in [-0.39, 0.29) is 38.0 Å². The number of para-hydroxylation sites is 1. The number of hydrogen-bond donors (Lipinski definition) is 10. The van der Waals surface area contributed by atoms with E-state index in [4.69, 9.17) is 11.5 Å². The summed E-state index contributed by atoms with van der Waals surface area (Å²) in [4.78, 5) is 107. The average molecular weight is 792 g/mol. The predicted octanol–water partition coefficient (Wildman–Crippen LogP) is -1.26. The molecule has 18 nitrogen and oxygen atoms in total. The number of carbonyl (C=O) groups excluding carboxylic acids is 7. The molecule has 5 atom stereocenters. The Balaban J connectivity index is 1.82. The number of primary amides is 1. The fourth-order valence-corrected chi connectivity index (χ4v) is 6.70. The summed E-state index contributed by atoms with van der Waals surface area (Å²) in [5.74, 6) is -6.62. The van der Waals surface area contributed by atoms with Crippen molar-refractivity contribution >= 4 is 83.7 Å². The van der Waals surface area contributed by atoms with Crippen LogP contribution in [0.1, 0.15) is 57.4 Å². The number of H-pyrrole nitrogens is 1. The molecule has 1 aliphatic heterocycles. The van der Waals surface area contributed by atoms with Crippen molar-refractivity contribution < 1.29 is 43.5 Å². The number of unbranched alkanes of at least 4 members (excludes halogenated alkanes) is 1. The normalized spacial score (nSPS) is 16.1. The highest BCUT2D eigenvalue weighted by Gasteiger charge is 2.40. The molecule has 20 heteroatoms. The molecule has 1 aliphatic rings. The van der Waals surface area contributed by atoms with Gasteiger partial charge in [0.05, 0.1) is 13.0 Å². The Morgan fingerprint density at radius 3 is 2.39 bits per heavy atom. The Morgan fingerprint density at radius 2 is 1.74 bits per heavy atom. The van der Waals surface area contributed by atoms with Crippen molar-refractivity contribution in [1.82, 2.24) is 35.5 Å². The van der Waals surface area contributed by atoms with E-state index in [9.17, 15) is 43.5 Å². The van der Waals surface area contributed by atoms with Crippen LogP contribution in [-0.4, -0.2) is 122 Å². The van der Waals surface area contributed by atoms with Crippen LogP contribution < -0.4 is 32.7 Å². The Labute approximate surface area is 323 Å². The molecule has 0 unspecified atom stereocenters. The predicted molar refractivity (Wildman–Crippen MR) is 204 cm³/mol. The lowest BCUT2D eigenvalue weighted by Gasteiger charge is -2.30. The van der Waals surface area contributed by atoms with E-state index >= 15 is 0 Å². The number of aliphatic carboxylic acids is 1. The quantitative estimate of drug-likeness (QED) is 0.0530. The second kappa shape index (κ2) is 21.2. The highest BCUT2D eigenvalue weighted by Crippen LogP contribution is 2.23. The summed E-state index contributed by atoms with van der Waals surface area (Å²) in [6.45, 7) is 1.45. The van der Waals surface area contributed by atoms with E-state index in [1.165, 1.54) is 4.90 Å². The highest BCUT2D eigenvalue weighted by atomic mass is 32.1. The summed E-state index contributed by atoms with van der Waals surface area (Å²) in [7, 11) is 0. The Kier molecular flexibility index (Phi) is 17.1. The number of fused-ring (bicyclic) bond motifs is 1. The van der Waals surface area contributed by atoms with Gasteiger partial charge in [-0.05, 0) is 50.3 Å². The molecule has 1 aromatic carbocycles. The number of likely N-dealkylation sites (tertiary alicyclic amines) is 1. The number of hydrogen-bond acceptors (Lipinski definition) is 11. The van der Waals surface area contributed by atoms with Gasteiger partial charge in [0, 0.05) is 42.2 Å². The van der Waals surface area contributed by atoms with Gasteiger partial charge in [0.1, 0.15) is 30.2 Å². The van der Waals surface area contributed by atoms with E-state index in [2.05, 4.69) is 51.7 Å². The summed E-state index contributed by atoms with van der Waals surface area (Å²) < 4.78 is 0.986. The third-order valence-electron chi connectivity index (χ3n) is 8.94. The fourth-order valence-electron chi connectivity index (χ4n) is 6.07. The van der Waals surface area contributed by atoms with E-state index in [1.807, 2.05) is 18.2 Å². The number of aromatic nitrogens is 1. The first-order valence-corrected chi connectivity index (χ1v) is 18.6. The molecule has 2 heterocycles. The highest BCUT2D eigenvalue weighted by molar-refractivity contribution is 7.80. The monoisotopic (exact) mass is 791 g/mol. The minimum absolute atomic E-state index is 0.0666. The maximum Gasteiger partial charge on any atom is 0.305 e. The lowest BCUT2D eigenvalue weighted by molar-refractivity contribution is -0.143. The van der Waals surface area contributed by atoms with Gasteiger partial charge in [-0.25, -0.2) is 0 Å². The number of aromatic amines is 1. The van der Waals surface area contributed by atoms with E-state index in [0.717, 1.165) is 15.2 Å². The average Bonchev–Trinajstić information content (AvgIpc) is 3.80. The third-order valence-corrected chi connectivity index (χ3v) is 9.80. The van der Waals surface area contributed by atoms with Crippen LogP contribution >= 0.6 is 25.4 Å². The summed E-state index contributed by atoms with van der Waals surface area (Å²) in [6, 6.07) is 1.12. The maximum atomic E-state index is 14.2. The van der Waals surface area contributed by atoms with Crippen molar-refractivity contribution in [2.75, 3.05) is 25.4 Å². The minimum atomic E-state index is -1.68. The molecule has 2 aromatic rings. The summed E-state index contributed by atoms with van der Waals surface area (Å²) in [6.07, 6.45) is 2.80. The van der Waals surface area contributed by atoms with Crippen LogP contribution in [0, 0.1) is 0 Å². The van der Waals surface area contributed by atoms with Crippen molar-refractivity contribution in [2.24, 2.45) is 11.5 Å². The zero-order valence-corrected chi connectivity index (χ0v) is 31.7. The topological polar surface area (TPSA) is 279 Å². The number of carboxylic acid groups (broad SMARTS) is 1. The van der Waals surface area contributed by atoms with Gasteiger partial charge in [0.25, 0.3) is 0 Å². The molecule has 0 aliphatic carbocycles. The largest absolute Gasteiger partial charge is 0.481 e. The second-order valence-electron chi connectivity index (χ2n) is 12.8. The zero-order chi connectivity index (χ0) is 39.9. The molecule has 0 bridgehead atoms. The van der Waals surface area contributed by atoms with Crippen molar-refractivity contribution in [3.63, 3.8) is 0 Å². The van der Waals surface area contributed by atoms with Crippen LogP contribution in [0.2, 0.25) is 0 Å². The lowest BCUT2D eigenvalue weighted by Crippen LogP contribution is -2.59. The SMILES string of the molecule is CCC(=O)N(S)[C@@H](CCCCN)C(=O)NCC(=O)N[C@@H](CC(=O)O)C(=O)N[C@@H](Cc1c[nH]c2ccccc12)C(=O)N1CCC[C@H]1C(=O)N[C@@H](CS)C(N)=O. The summed E-state index contributed by atoms with van der Waals surface area (Å²) >= 11 is 8.23. The van der Waals surface area contributed by atoms with Crippen LogP contribution in [0.4, 0.5) is 0 Å². The van der Waals surface area contributed by atoms with Gasteiger partial charge in [-0.2, -0.15) is 12.6 Å². The molecule has 0 spiro atoms. The van der Waals surface area contributed by atoms with E-state index < -0.39 is 90.5 Å². The van der Waals surface area contributed by atoms with Gasteiger partial charge in [0.15, 0.2) is 0 Å². The number of thiol groups is 2. The van der Waals surface area contributed by atoms with Crippen LogP contribution in [0.15, 0.2) is 30.5 Å². The van der Waals surface area contributed by atoms with Crippen LogP contribution in [0.25, 0.3) is 10.9 Å². The Bertz CT molecular complexity index is 1690. The van der Waals surface area contributed by atoms with Crippen LogP contribution in [0.5, 0.6) is 0 Å². The molecule has 7 amide bonds. The van der Waals surface area contributed by atoms with Crippen LogP contribution in [0.3, 0.4) is 0 Å². The third kappa shape index (κ3) is 12.1. The number of carboxylic acids is 1. The maximum absolute atomic E-state index is 14.2. The van der Waals surface area contributed by atoms with Gasteiger partial charge in [-0.3, -0.25) is 42.7 Å². The van der Waals surface area contributed by atoms with Gasteiger partial charge >= 0.3 is 5.97 Å². The Hall–Kier alpha value is -4.82. The zero-order valence-electron chi connectivity index (χ0n) is 29.9. The van der Waals surface area contributed by atoms with E-state index in [1.54, 1.807) is 19.2 Å². The Morgan fingerprint density at radius 1 is 1.02 bits per heavy atom. The van der Waals surface area contributed by atoms with Crippen molar-refractivity contribution in [3.05, 3.63) is 36.0 Å². The number of rotatable bonds is 21. The van der Waals surface area contributed by atoms with E-state index in [0.29, 0.717) is 31.4 Å². The van der Waals surface area contributed by atoms with Gasteiger partial charge in [-0.1, -0.05) is 37.9 Å². The lowest BCUT2D eigenvalue weighted by atomic mass is 10.0. The molecule has 1 fully saturated rings. The van der Waals surface area contributed by atoms with Crippen molar-refractivity contribution in [3.8, 4) is 0 Å².